The van der Waals surface area contributed by atoms with Crippen LogP contribution in [0.4, 0.5) is 0 Å². The van der Waals surface area contributed by atoms with E-state index in [1.807, 2.05) is 31.2 Å². The molecule has 0 bridgehead atoms. The summed E-state index contributed by atoms with van der Waals surface area (Å²) in [6.07, 6.45) is 1.68. The zero-order valence-electron chi connectivity index (χ0n) is 11.4. The second kappa shape index (κ2) is 5.75. The van der Waals surface area contributed by atoms with Crippen LogP contribution in [0.5, 0.6) is 0 Å². The summed E-state index contributed by atoms with van der Waals surface area (Å²) in [7, 11) is 0. The van der Waals surface area contributed by atoms with Gasteiger partial charge in [-0.25, -0.2) is 0 Å². The number of pyridine rings is 1. The fourth-order valence-electron chi connectivity index (χ4n) is 2.29. The molecule has 1 aromatic carbocycles. The highest BCUT2D eigenvalue weighted by molar-refractivity contribution is 5.82. The van der Waals surface area contributed by atoms with E-state index < -0.39 is 0 Å². The lowest BCUT2D eigenvalue weighted by molar-refractivity contribution is 0.672. The minimum absolute atomic E-state index is 0.712. The zero-order valence-corrected chi connectivity index (χ0v) is 11.4. The van der Waals surface area contributed by atoms with Gasteiger partial charge in [0.1, 0.15) is 0 Å². The first kappa shape index (κ1) is 12.7. The Kier molecular flexibility index (Phi) is 3.65. The molecule has 0 aliphatic carbocycles. The second-order valence-electron chi connectivity index (χ2n) is 4.76. The van der Waals surface area contributed by atoms with E-state index in [1.54, 1.807) is 6.20 Å². The van der Waals surface area contributed by atoms with Crippen LogP contribution in [-0.4, -0.2) is 15.2 Å². The van der Waals surface area contributed by atoms with Crippen molar-refractivity contribution >= 4 is 10.9 Å². The molecule has 1 N–H and O–H groups in total. The number of hydrogen-bond donors (Lipinski definition) is 1. The molecule has 4 nitrogen and oxygen atoms in total. The molecule has 3 rings (SSSR count). The largest absolute Gasteiger partial charge is 0.307 e. The number of hydrogen-bond acceptors (Lipinski definition) is 4. The van der Waals surface area contributed by atoms with Crippen molar-refractivity contribution in [3.05, 3.63) is 65.6 Å². The number of benzene rings is 1. The summed E-state index contributed by atoms with van der Waals surface area (Å²) in [6, 6.07) is 14.2. The van der Waals surface area contributed by atoms with Gasteiger partial charge < -0.3 is 5.32 Å². The standard InChI is InChI=1S/C16H16N4/c1-12-9-13(15-6-2-3-7-16(15)19-12)10-17-11-14-5-4-8-18-20-14/h2-9,17H,10-11H2,1H3. The molecule has 0 unspecified atom stereocenters. The maximum atomic E-state index is 4.55. The third-order valence-corrected chi connectivity index (χ3v) is 3.18. The topological polar surface area (TPSA) is 50.7 Å². The molecule has 3 aromatic rings. The molecule has 20 heavy (non-hydrogen) atoms. The Morgan fingerprint density at radius 1 is 1.05 bits per heavy atom. The van der Waals surface area contributed by atoms with Gasteiger partial charge in [0.2, 0.25) is 0 Å². The molecule has 4 heteroatoms. The number of nitrogens with one attached hydrogen (secondary N) is 1. The van der Waals surface area contributed by atoms with Crippen LogP contribution in [-0.2, 0) is 13.1 Å². The van der Waals surface area contributed by atoms with Crippen LogP contribution in [0, 0.1) is 6.92 Å². The zero-order chi connectivity index (χ0) is 13.8. The Bertz CT molecular complexity index is 710. The maximum absolute atomic E-state index is 4.55. The molecular weight excluding hydrogens is 248 g/mol. The molecule has 0 spiro atoms. The van der Waals surface area contributed by atoms with Gasteiger partial charge in [-0.3, -0.25) is 4.98 Å². The molecule has 100 valence electrons. The Morgan fingerprint density at radius 2 is 1.95 bits per heavy atom. The van der Waals surface area contributed by atoms with Gasteiger partial charge in [0.05, 0.1) is 11.2 Å². The van der Waals surface area contributed by atoms with Crippen molar-refractivity contribution in [1.82, 2.24) is 20.5 Å². The van der Waals surface area contributed by atoms with Crippen molar-refractivity contribution in [3.8, 4) is 0 Å². The van der Waals surface area contributed by atoms with E-state index >= 15 is 0 Å². The lowest BCUT2D eigenvalue weighted by atomic mass is 10.1. The van der Waals surface area contributed by atoms with Gasteiger partial charge in [-0.15, -0.1) is 0 Å². The van der Waals surface area contributed by atoms with Crippen molar-refractivity contribution in [2.24, 2.45) is 0 Å². The number of rotatable bonds is 4. The van der Waals surface area contributed by atoms with Crippen molar-refractivity contribution in [2.75, 3.05) is 0 Å². The van der Waals surface area contributed by atoms with Gasteiger partial charge in [0.25, 0.3) is 0 Å². The van der Waals surface area contributed by atoms with E-state index in [-0.39, 0.29) is 0 Å². The van der Waals surface area contributed by atoms with E-state index in [1.165, 1.54) is 10.9 Å². The molecule has 2 aromatic heterocycles. The van der Waals surface area contributed by atoms with Gasteiger partial charge in [-0.2, -0.15) is 10.2 Å². The molecule has 0 aliphatic rings. The fraction of sp³-hybridized carbons (Fsp3) is 0.188. The van der Waals surface area contributed by atoms with E-state index in [9.17, 15) is 0 Å². The van der Waals surface area contributed by atoms with Gasteiger partial charge >= 0.3 is 0 Å². The minimum Gasteiger partial charge on any atom is -0.307 e. The highest BCUT2D eigenvalue weighted by atomic mass is 15.1. The Morgan fingerprint density at radius 3 is 2.80 bits per heavy atom. The number of aromatic nitrogens is 3. The SMILES string of the molecule is Cc1cc(CNCc2cccnn2)c2ccccc2n1. The Hall–Kier alpha value is -2.33. The van der Waals surface area contributed by atoms with Crippen LogP contribution in [0.1, 0.15) is 17.0 Å². The van der Waals surface area contributed by atoms with Crippen molar-refractivity contribution in [1.29, 1.82) is 0 Å². The summed E-state index contributed by atoms with van der Waals surface area (Å²) < 4.78 is 0. The highest BCUT2D eigenvalue weighted by Gasteiger charge is 2.03. The Balaban J connectivity index is 1.77. The number of fused-ring (bicyclic) bond motifs is 1. The number of aryl methyl sites for hydroxylation is 1. The van der Waals surface area contributed by atoms with E-state index in [0.717, 1.165) is 23.4 Å². The quantitative estimate of drug-likeness (QED) is 0.787. The summed E-state index contributed by atoms with van der Waals surface area (Å²) in [6.45, 7) is 3.53. The predicted octanol–water partition coefficient (Wildman–Crippen LogP) is 2.62. The van der Waals surface area contributed by atoms with E-state index in [4.69, 9.17) is 0 Å². The smallest absolute Gasteiger partial charge is 0.0769 e. The first-order valence-corrected chi connectivity index (χ1v) is 6.65. The lowest BCUT2D eigenvalue weighted by Gasteiger charge is -2.09. The second-order valence-corrected chi connectivity index (χ2v) is 4.76. The molecular formula is C16H16N4. The molecule has 0 aliphatic heterocycles. The van der Waals surface area contributed by atoms with Crippen LogP contribution < -0.4 is 5.32 Å². The van der Waals surface area contributed by atoms with Gasteiger partial charge in [-0.05, 0) is 36.8 Å². The first-order valence-electron chi connectivity index (χ1n) is 6.65. The maximum Gasteiger partial charge on any atom is 0.0769 e. The van der Waals surface area contributed by atoms with Crippen molar-refractivity contribution in [2.45, 2.75) is 20.0 Å². The third kappa shape index (κ3) is 2.81. The van der Waals surface area contributed by atoms with E-state index in [0.29, 0.717) is 6.54 Å². The molecule has 0 amide bonds. The minimum atomic E-state index is 0.712. The summed E-state index contributed by atoms with van der Waals surface area (Å²) in [5.41, 5.74) is 4.29. The highest BCUT2D eigenvalue weighted by Crippen LogP contribution is 2.17. The van der Waals surface area contributed by atoms with Gasteiger partial charge in [0.15, 0.2) is 0 Å². The molecule has 0 saturated carbocycles. The van der Waals surface area contributed by atoms with E-state index in [2.05, 4.69) is 38.7 Å². The molecule has 0 radical (unpaired) electrons. The third-order valence-electron chi connectivity index (χ3n) is 3.18. The lowest BCUT2D eigenvalue weighted by Crippen LogP contribution is -2.14. The number of para-hydroxylation sites is 1. The predicted molar refractivity (Wildman–Crippen MR) is 79.1 cm³/mol. The van der Waals surface area contributed by atoms with Crippen LogP contribution >= 0.6 is 0 Å². The first-order chi connectivity index (χ1) is 9.83. The summed E-state index contributed by atoms with van der Waals surface area (Å²) >= 11 is 0. The summed E-state index contributed by atoms with van der Waals surface area (Å²) in [4.78, 5) is 4.55. The fourth-order valence-corrected chi connectivity index (χ4v) is 2.29. The average Bonchev–Trinajstić information content (AvgIpc) is 2.48. The summed E-state index contributed by atoms with van der Waals surface area (Å²) in [5, 5.41) is 12.5. The van der Waals surface area contributed by atoms with Crippen LogP contribution in [0.2, 0.25) is 0 Å². The van der Waals surface area contributed by atoms with Crippen LogP contribution in [0.25, 0.3) is 10.9 Å². The van der Waals surface area contributed by atoms with Gasteiger partial charge in [0, 0.05) is 30.4 Å². The molecule has 2 heterocycles. The van der Waals surface area contributed by atoms with Crippen LogP contribution in [0.3, 0.4) is 0 Å². The monoisotopic (exact) mass is 264 g/mol. The normalized spacial score (nSPS) is 10.8. The van der Waals surface area contributed by atoms with Gasteiger partial charge in [-0.1, -0.05) is 18.2 Å². The number of nitrogens with zero attached hydrogens (tertiary/aromatic N) is 3. The molecule has 0 fully saturated rings. The Labute approximate surface area is 117 Å². The molecule has 0 saturated heterocycles. The van der Waals surface area contributed by atoms with Crippen LogP contribution in [0.15, 0.2) is 48.7 Å². The van der Waals surface area contributed by atoms with Crippen molar-refractivity contribution < 1.29 is 0 Å². The summed E-state index contributed by atoms with van der Waals surface area (Å²) in [5.74, 6) is 0. The van der Waals surface area contributed by atoms with Crippen molar-refractivity contribution in [3.63, 3.8) is 0 Å². The molecule has 0 atom stereocenters. The average molecular weight is 264 g/mol.